The minimum absolute atomic E-state index is 0.0546. The molecule has 0 unspecified atom stereocenters. The zero-order chi connectivity index (χ0) is 15.2. The maximum Gasteiger partial charge on any atom is 0.270 e. The van der Waals surface area contributed by atoms with E-state index in [1.807, 2.05) is 7.05 Å². The molecule has 0 fully saturated rings. The minimum atomic E-state index is -0.416. The molecule has 1 N–H and O–H groups in total. The second-order valence-electron chi connectivity index (χ2n) is 4.51. The highest BCUT2D eigenvalue weighted by Gasteiger charge is 2.11. The van der Waals surface area contributed by atoms with Gasteiger partial charge in [0.1, 0.15) is 12.1 Å². The van der Waals surface area contributed by atoms with Crippen molar-refractivity contribution in [1.29, 1.82) is 0 Å². The fourth-order valence-corrected chi connectivity index (χ4v) is 1.94. The number of rotatable bonds is 7. The van der Waals surface area contributed by atoms with E-state index in [4.69, 9.17) is 4.74 Å². The Bertz CT molecular complexity index is 626. The molecule has 1 aromatic heterocycles. The van der Waals surface area contributed by atoms with E-state index in [0.717, 1.165) is 11.4 Å². The Kier molecular flexibility index (Phi) is 4.83. The number of aryl methyl sites for hydroxylation is 1. The predicted octanol–water partition coefficient (Wildman–Crippen LogP) is 1.06. The molecule has 8 heteroatoms. The molecule has 0 radical (unpaired) electrons. The lowest BCUT2D eigenvalue weighted by atomic mass is 10.1. The van der Waals surface area contributed by atoms with Gasteiger partial charge < -0.3 is 10.1 Å². The normalized spacial score (nSPS) is 10.6. The number of aromatic nitrogens is 3. The number of hydrogen-bond acceptors (Lipinski definition) is 6. The molecule has 0 aliphatic carbocycles. The molecule has 112 valence electrons. The van der Waals surface area contributed by atoms with Gasteiger partial charge in [0.25, 0.3) is 5.69 Å². The largest absolute Gasteiger partial charge is 0.496 e. The van der Waals surface area contributed by atoms with Crippen LogP contribution in [0.4, 0.5) is 5.69 Å². The second kappa shape index (κ2) is 6.80. The van der Waals surface area contributed by atoms with Crippen molar-refractivity contribution in [3.05, 3.63) is 46.0 Å². The van der Waals surface area contributed by atoms with Crippen LogP contribution in [0.2, 0.25) is 0 Å². The summed E-state index contributed by atoms with van der Waals surface area (Å²) in [5, 5.41) is 18.2. The fourth-order valence-electron chi connectivity index (χ4n) is 1.94. The van der Waals surface area contributed by atoms with Crippen LogP contribution in [0, 0.1) is 10.1 Å². The van der Waals surface area contributed by atoms with Crippen molar-refractivity contribution in [2.75, 3.05) is 13.7 Å². The van der Waals surface area contributed by atoms with Crippen molar-refractivity contribution in [2.24, 2.45) is 7.05 Å². The summed E-state index contributed by atoms with van der Waals surface area (Å²) in [4.78, 5) is 14.5. The number of non-ortho nitro benzene ring substituents is 1. The molecule has 0 aliphatic rings. The van der Waals surface area contributed by atoms with Crippen LogP contribution >= 0.6 is 0 Å². The molecule has 0 spiro atoms. The van der Waals surface area contributed by atoms with Crippen molar-refractivity contribution in [2.45, 2.75) is 13.0 Å². The Labute approximate surface area is 121 Å². The van der Waals surface area contributed by atoms with Gasteiger partial charge in [-0.2, -0.15) is 5.10 Å². The van der Waals surface area contributed by atoms with E-state index in [2.05, 4.69) is 15.4 Å². The van der Waals surface area contributed by atoms with Gasteiger partial charge in [0.2, 0.25) is 0 Å². The first-order chi connectivity index (χ1) is 10.1. The molecule has 21 heavy (non-hydrogen) atoms. The summed E-state index contributed by atoms with van der Waals surface area (Å²) < 4.78 is 6.86. The van der Waals surface area contributed by atoms with Crippen molar-refractivity contribution >= 4 is 5.69 Å². The highest BCUT2D eigenvalue weighted by Crippen LogP contribution is 2.23. The van der Waals surface area contributed by atoms with Crippen LogP contribution in [0.15, 0.2) is 24.5 Å². The van der Waals surface area contributed by atoms with Gasteiger partial charge in [-0.05, 0) is 6.07 Å². The lowest BCUT2D eigenvalue weighted by Gasteiger charge is -2.09. The van der Waals surface area contributed by atoms with Gasteiger partial charge in [-0.25, -0.2) is 4.98 Å². The van der Waals surface area contributed by atoms with Crippen LogP contribution in [-0.2, 0) is 20.0 Å². The summed E-state index contributed by atoms with van der Waals surface area (Å²) in [6, 6.07) is 4.56. The van der Waals surface area contributed by atoms with Crippen LogP contribution in [0.5, 0.6) is 5.75 Å². The van der Waals surface area contributed by atoms with E-state index < -0.39 is 4.92 Å². The topological polar surface area (TPSA) is 95.1 Å². The zero-order valence-corrected chi connectivity index (χ0v) is 11.9. The molecule has 0 amide bonds. The molecular formula is C13H17N5O3. The summed E-state index contributed by atoms with van der Waals surface area (Å²) in [5.74, 6) is 1.39. The molecule has 2 aromatic rings. The number of benzene rings is 1. The summed E-state index contributed by atoms with van der Waals surface area (Å²) in [5.41, 5.74) is 0.805. The van der Waals surface area contributed by atoms with Crippen LogP contribution in [0.3, 0.4) is 0 Å². The second-order valence-corrected chi connectivity index (χ2v) is 4.51. The first kappa shape index (κ1) is 14.9. The Morgan fingerprint density at radius 2 is 2.29 bits per heavy atom. The number of ether oxygens (including phenoxy) is 1. The fraction of sp³-hybridized carbons (Fsp3) is 0.385. The van der Waals surface area contributed by atoms with Gasteiger partial charge in [0.15, 0.2) is 5.82 Å². The smallest absolute Gasteiger partial charge is 0.270 e. The maximum atomic E-state index is 10.8. The SMILES string of the molecule is COc1ccc([N+](=O)[O-])cc1CNCCc1ncn(C)n1. The molecule has 0 bridgehead atoms. The maximum absolute atomic E-state index is 10.8. The highest BCUT2D eigenvalue weighted by atomic mass is 16.6. The van der Waals surface area contributed by atoms with E-state index in [1.165, 1.54) is 12.1 Å². The number of methoxy groups -OCH3 is 1. The summed E-state index contributed by atoms with van der Waals surface area (Å²) in [6.45, 7) is 1.16. The minimum Gasteiger partial charge on any atom is -0.496 e. The highest BCUT2D eigenvalue weighted by molar-refractivity contribution is 5.43. The number of nitro benzene ring substituents is 1. The Balaban J connectivity index is 1.92. The number of nitro groups is 1. The molecule has 0 aliphatic heterocycles. The van der Waals surface area contributed by atoms with Gasteiger partial charge >= 0.3 is 0 Å². The number of nitrogens with zero attached hydrogens (tertiary/aromatic N) is 4. The van der Waals surface area contributed by atoms with E-state index in [-0.39, 0.29) is 5.69 Å². The number of nitrogens with one attached hydrogen (secondary N) is 1. The Hall–Kier alpha value is -2.48. The third kappa shape index (κ3) is 3.99. The van der Waals surface area contributed by atoms with E-state index in [1.54, 1.807) is 24.2 Å². The van der Waals surface area contributed by atoms with Gasteiger partial charge in [-0.1, -0.05) is 0 Å². The van der Waals surface area contributed by atoms with E-state index >= 15 is 0 Å². The molecule has 0 atom stereocenters. The summed E-state index contributed by atoms with van der Waals surface area (Å²) in [6.07, 6.45) is 2.34. The van der Waals surface area contributed by atoms with Crippen LogP contribution in [0.1, 0.15) is 11.4 Å². The third-order valence-electron chi connectivity index (χ3n) is 2.96. The summed E-state index contributed by atoms with van der Waals surface area (Å²) in [7, 11) is 3.36. The lowest BCUT2D eigenvalue weighted by Crippen LogP contribution is -2.18. The van der Waals surface area contributed by atoms with Crippen molar-refractivity contribution in [1.82, 2.24) is 20.1 Å². The molecule has 2 rings (SSSR count). The average molecular weight is 291 g/mol. The first-order valence-electron chi connectivity index (χ1n) is 6.46. The van der Waals surface area contributed by atoms with Crippen molar-refractivity contribution in [3.8, 4) is 5.75 Å². The van der Waals surface area contributed by atoms with Gasteiger partial charge in [-0.15, -0.1) is 0 Å². The molecule has 0 saturated heterocycles. The number of hydrogen-bond donors (Lipinski definition) is 1. The summed E-state index contributed by atoms with van der Waals surface area (Å²) >= 11 is 0. The molecule has 0 saturated carbocycles. The quantitative estimate of drug-likeness (QED) is 0.465. The van der Waals surface area contributed by atoms with Gasteiger partial charge in [0, 0.05) is 44.3 Å². The Morgan fingerprint density at radius 3 is 2.90 bits per heavy atom. The third-order valence-corrected chi connectivity index (χ3v) is 2.96. The molecular weight excluding hydrogens is 274 g/mol. The van der Waals surface area contributed by atoms with Crippen LogP contribution < -0.4 is 10.1 Å². The van der Waals surface area contributed by atoms with Crippen molar-refractivity contribution < 1.29 is 9.66 Å². The predicted molar refractivity (Wildman–Crippen MR) is 76.1 cm³/mol. The van der Waals surface area contributed by atoms with Crippen LogP contribution in [0.25, 0.3) is 0 Å². The van der Waals surface area contributed by atoms with Gasteiger partial charge in [0.05, 0.1) is 12.0 Å². The zero-order valence-electron chi connectivity index (χ0n) is 11.9. The van der Waals surface area contributed by atoms with Crippen molar-refractivity contribution in [3.63, 3.8) is 0 Å². The Morgan fingerprint density at radius 1 is 1.48 bits per heavy atom. The van der Waals surface area contributed by atoms with Crippen LogP contribution in [-0.4, -0.2) is 33.3 Å². The van der Waals surface area contributed by atoms with Gasteiger partial charge in [-0.3, -0.25) is 14.8 Å². The molecule has 1 aromatic carbocycles. The van der Waals surface area contributed by atoms with E-state index in [0.29, 0.717) is 25.3 Å². The average Bonchev–Trinajstić information content (AvgIpc) is 2.89. The monoisotopic (exact) mass is 291 g/mol. The van der Waals surface area contributed by atoms with E-state index in [9.17, 15) is 10.1 Å². The standard InChI is InChI=1S/C13H17N5O3/c1-17-9-15-13(16-17)5-6-14-8-10-7-11(18(19)20)3-4-12(10)21-2/h3-4,7,9,14H,5-6,8H2,1-2H3. The molecule has 1 heterocycles. The molecule has 8 nitrogen and oxygen atoms in total. The first-order valence-corrected chi connectivity index (χ1v) is 6.46. The lowest BCUT2D eigenvalue weighted by molar-refractivity contribution is -0.384.